The zero-order valence-electron chi connectivity index (χ0n) is 12.3. The normalized spacial score (nSPS) is 13.2. The third-order valence-corrected chi connectivity index (χ3v) is 2.92. The molecule has 0 saturated heterocycles. The molecule has 0 aliphatic rings. The molecule has 0 aromatic carbocycles. The van der Waals surface area contributed by atoms with Crippen molar-refractivity contribution in [2.75, 3.05) is 6.54 Å². The maximum atomic E-state index is 12.1. The Morgan fingerprint density at radius 3 is 2.63 bits per heavy atom. The van der Waals surface area contributed by atoms with E-state index in [-0.39, 0.29) is 17.4 Å². The predicted octanol–water partition coefficient (Wildman–Crippen LogP) is 1.62. The second kappa shape index (κ2) is 6.10. The highest BCUT2D eigenvalue weighted by Gasteiger charge is 2.22. The van der Waals surface area contributed by atoms with Crippen molar-refractivity contribution >= 4 is 5.91 Å². The van der Waals surface area contributed by atoms with Gasteiger partial charge in [-0.25, -0.2) is 9.97 Å². The lowest BCUT2D eigenvalue weighted by Crippen LogP contribution is -2.36. The number of nitrogens with one attached hydrogen (secondary N) is 1. The lowest BCUT2D eigenvalue weighted by Gasteiger charge is -2.26. The van der Waals surface area contributed by atoms with Crippen molar-refractivity contribution in [1.29, 1.82) is 0 Å². The Balaban J connectivity index is 2.65. The first-order valence-corrected chi connectivity index (χ1v) is 6.48. The van der Waals surface area contributed by atoms with Crippen molar-refractivity contribution in [2.24, 2.45) is 5.41 Å². The Morgan fingerprint density at radius 2 is 2.11 bits per heavy atom. The van der Waals surface area contributed by atoms with Gasteiger partial charge in [-0.1, -0.05) is 13.8 Å². The molecule has 5 heteroatoms. The molecule has 0 radical (unpaired) electrons. The van der Waals surface area contributed by atoms with Gasteiger partial charge in [0.25, 0.3) is 5.91 Å². The van der Waals surface area contributed by atoms with Crippen LogP contribution in [0.15, 0.2) is 6.20 Å². The molecule has 1 unspecified atom stereocenters. The fraction of sp³-hybridized carbons (Fsp3) is 0.643. The summed E-state index contributed by atoms with van der Waals surface area (Å²) in [6.07, 6.45) is 1.81. The highest BCUT2D eigenvalue weighted by molar-refractivity contribution is 5.94. The van der Waals surface area contributed by atoms with Crippen LogP contribution in [0.3, 0.4) is 0 Å². The smallest absolute Gasteiger partial charge is 0.254 e. The topological polar surface area (TPSA) is 75.1 Å². The Morgan fingerprint density at radius 1 is 1.47 bits per heavy atom. The third kappa shape index (κ3) is 4.95. The van der Waals surface area contributed by atoms with Crippen molar-refractivity contribution in [3.8, 4) is 0 Å². The molecule has 106 valence electrons. The van der Waals surface area contributed by atoms with Crippen LogP contribution in [0.25, 0.3) is 0 Å². The largest absolute Gasteiger partial charge is 0.393 e. The molecule has 2 N–H and O–H groups in total. The van der Waals surface area contributed by atoms with E-state index >= 15 is 0 Å². The number of aliphatic hydroxyl groups is 1. The van der Waals surface area contributed by atoms with Gasteiger partial charge in [-0.05, 0) is 32.6 Å². The standard InChI is InChI=1S/C14H23N3O2/c1-9(18)6-14(4,5)8-16-13(19)12-7-15-11(3)17-10(12)2/h7,9,18H,6,8H2,1-5H3,(H,16,19). The number of aliphatic hydroxyl groups excluding tert-OH is 1. The van der Waals surface area contributed by atoms with E-state index in [0.717, 1.165) is 0 Å². The second-order valence-corrected chi connectivity index (χ2v) is 5.82. The van der Waals surface area contributed by atoms with Gasteiger partial charge in [0, 0.05) is 12.7 Å². The molecular formula is C14H23N3O2. The highest BCUT2D eigenvalue weighted by Crippen LogP contribution is 2.21. The average molecular weight is 265 g/mol. The fourth-order valence-electron chi connectivity index (χ4n) is 2.09. The van der Waals surface area contributed by atoms with Gasteiger partial charge >= 0.3 is 0 Å². The molecule has 0 spiro atoms. The molecule has 1 rings (SSSR count). The zero-order chi connectivity index (χ0) is 14.6. The minimum atomic E-state index is -0.378. The van der Waals surface area contributed by atoms with E-state index in [2.05, 4.69) is 15.3 Å². The van der Waals surface area contributed by atoms with Crippen LogP contribution in [0.4, 0.5) is 0 Å². The van der Waals surface area contributed by atoms with Gasteiger partial charge in [0.15, 0.2) is 0 Å². The van der Waals surface area contributed by atoms with Crippen molar-refractivity contribution in [3.05, 3.63) is 23.3 Å². The molecule has 0 bridgehead atoms. The molecule has 0 aliphatic carbocycles. The summed E-state index contributed by atoms with van der Waals surface area (Å²) in [5, 5.41) is 12.3. The van der Waals surface area contributed by atoms with E-state index in [1.54, 1.807) is 27.0 Å². The van der Waals surface area contributed by atoms with Crippen molar-refractivity contribution in [1.82, 2.24) is 15.3 Å². The molecular weight excluding hydrogens is 242 g/mol. The zero-order valence-corrected chi connectivity index (χ0v) is 12.3. The molecule has 0 aliphatic heterocycles. The van der Waals surface area contributed by atoms with Crippen molar-refractivity contribution < 1.29 is 9.90 Å². The number of hydrogen-bond acceptors (Lipinski definition) is 4. The van der Waals surface area contributed by atoms with E-state index in [1.165, 1.54) is 0 Å². The van der Waals surface area contributed by atoms with E-state index in [0.29, 0.717) is 30.0 Å². The Labute approximate surface area is 114 Å². The number of carbonyl (C=O) groups is 1. The van der Waals surface area contributed by atoms with Crippen LogP contribution in [-0.4, -0.2) is 33.6 Å². The summed E-state index contributed by atoms with van der Waals surface area (Å²) < 4.78 is 0. The van der Waals surface area contributed by atoms with Crippen LogP contribution in [0.2, 0.25) is 0 Å². The second-order valence-electron chi connectivity index (χ2n) is 5.82. The number of aryl methyl sites for hydroxylation is 2. The van der Waals surface area contributed by atoms with E-state index in [4.69, 9.17) is 0 Å². The summed E-state index contributed by atoms with van der Waals surface area (Å²) in [7, 11) is 0. The van der Waals surface area contributed by atoms with Gasteiger partial charge in [0.1, 0.15) is 5.82 Å². The van der Waals surface area contributed by atoms with Gasteiger partial charge in [-0.3, -0.25) is 4.79 Å². The van der Waals surface area contributed by atoms with Crippen LogP contribution in [-0.2, 0) is 0 Å². The Bertz CT molecular complexity index is 456. The fourth-order valence-corrected chi connectivity index (χ4v) is 2.09. The summed E-state index contributed by atoms with van der Waals surface area (Å²) in [5.41, 5.74) is 1.03. The third-order valence-electron chi connectivity index (χ3n) is 2.92. The number of hydrogen-bond donors (Lipinski definition) is 2. The number of aromatic nitrogens is 2. The molecule has 19 heavy (non-hydrogen) atoms. The van der Waals surface area contributed by atoms with Gasteiger partial charge in [-0.15, -0.1) is 0 Å². The first-order valence-electron chi connectivity index (χ1n) is 6.48. The van der Waals surface area contributed by atoms with Gasteiger partial charge in [0.2, 0.25) is 0 Å². The SMILES string of the molecule is Cc1ncc(C(=O)NCC(C)(C)CC(C)O)c(C)n1. The van der Waals surface area contributed by atoms with Crippen molar-refractivity contribution in [2.45, 2.75) is 47.1 Å². The van der Waals surface area contributed by atoms with Crippen LogP contribution in [0.1, 0.15) is 49.1 Å². The molecule has 1 aromatic rings. The van der Waals surface area contributed by atoms with Gasteiger partial charge < -0.3 is 10.4 Å². The number of carbonyl (C=O) groups excluding carboxylic acids is 1. The summed E-state index contributed by atoms with van der Waals surface area (Å²) in [5.74, 6) is 0.486. The first-order chi connectivity index (χ1) is 8.71. The summed E-state index contributed by atoms with van der Waals surface area (Å²) >= 11 is 0. The number of nitrogens with zero attached hydrogens (tertiary/aromatic N) is 2. The molecule has 5 nitrogen and oxygen atoms in total. The Hall–Kier alpha value is -1.49. The average Bonchev–Trinajstić information content (AvgIpc) is 2.24. The van der Waals surface area contributed by atoms with Crippen LogP contribution in [0, 0.1) is 19.3 Å². The molecule has 0 saturated carbocycles. The highest BCUT2D eigenvalue weighted by atomic mass is 16.3. The van der Waals surface area contributed by atoms with Gasteiger partial charge in [-0.2, -0.15) is 0 Å². The molecule has 1 heterocycles. The predicted molar refractivity (Wildman–Crippen MR) is 73.9 cm³/mol. The van der Waals surface area contributed by atoms with E-state index < -0.39 is 0 Å². The lowest BCUT2D eigenvalue weighted by atomic mass is 9.87. The number of amides is 1. The van der Waals surface area contributed by atoms with Crippen LogP contribution < -0.4 is 5.32 Å². The maximum Gasteiger partial charge on any atom is 0.254 e. The molecule has 1 amide bonds. The Kier molecular flexibility index (Phi) is 5.00. The van der Waals surface area contributed by atoms with Crippen LogP contribution >= 0.6 is 0 Å². The van der Waals surface area contributed by atoms with Gasteiger partial charge in [0.05, 0.1) is 17.4 Å². The quantitative estimate of drug-likeness (QED) is 0.848. The maximum absolute atomic E-state index is 12.1. The van der Waals surface area contributed by atoms with E-state index in [1.807, 2.05) is 13.8 Å². The lowest BCUT2D eigenvalue weighted by molar-refractivity contribution is 0.0900. The summed E-state index contributed by atoms with van der Waals surface area (Å²) in [6.45, 7) is 9.87. The van der Waals surface area contributed by atoms with E-state index in [9.17, 15) is 9.90 Å². The summed E-state index contributed by atoms with van der Waals surface area (Å²) in [4.78, 5) is 20.3. The summed E-state index contributed by atoms with van der Waals surface area (Å²) in [6, 6.07) is 0. The molecule has 1 aromatic heterocycles. The minimum absolute atomic E-state index is 0.150. The molecule has 0 fully saturated rings. The number of rotatable bonds is 5. The molecule has 1 atom stereocenters. The monoisotopic (exact) mass is 265 g/mol. The van der Waals surface area contributed by atoms with Crippen LogP contribution in [0.5, 0.6) is 0 Å². The minimum Gasteiger partial charge on any atom is -0.393 e. The van der Waals surface area contributed by atoms with Crippen molar-refractivity contribution in [3.63, 3.8) is 0 Å². The first kappa shape index (κ1) is 15.6.